The SMILES string of the molecule is CN1C2CCC1[C@H](F)[C@H](N(C)c1nnc(-c3cc(F)c(-c4cn[nH]c4)cc3O)s1)C2. The van der Waals surface area contributed by atoms with Crippen molar-refractivity contribution in [2.24, 2.45) is 0 Å². The summed E-state index contributed by atoms with van der Waals surface area (Å²) in [5.41, 5.74) is 1.05. The average molecular weight is 433 g/mol. The van der Waals surface area contributed by atoms with Crippen molar-refractivity contribution in [1.82, 2.24) is 25.3 Å². The van der Waals surface area contributed by atoms with Crippen molar-refractivity contribution < 1.29 is 13.9 Å². The van der Waals surface area contributed by atoms with Crippen molar-refractivity contribution in [3.05, 3.63) is 30.3 Å². The van der Waals surface area contributed by atoms with Crippen LogP contribution in [0.3, 0.4) is 0 Å². The Hall–Kier alpha value is -2.59. The normalized spacial score (nSPS) is 26.3. The molecule has 3 aromatic rings. The summed E-state index contributed by atoms with van der Waals surface area (Å²) in [6.07, 6.45) is 4.70. The number of anilines is 1. The molecule has 2 N–H and O–H groups in total. The number of halogens is 2. The molecule has 4 heterocycles. The van der Waals surface area contributed by atoms with Crippen LogP contribution in [0.25, 0.3) is 21.7 Å². The van der Waals surface area contributed by atoms with Gasteiger partial charge in [0.05, 0.1) is 17.8 Å². The summed E-state index contributed by atoms with van der Waals surface area (Å²) in [4.78, 5) is 4.00. The van der Waals surface area contributed by atoms with Gasteiger partial charge in [-0.25, -0.2) is 8.78 Å². The van der Waals surface area contributed by atoms with Crippen LogP contribution in [0.4, 0.5) is 13.9 Å². The number of H-pyrrole nitrogens is 1. The maximum atomic E-state index is 15.1. The van der Waals surface area contributed by atoms with Crippen molar-refractivity contribution in [1.29, 1.82) is 0 Å². The highest BCUT2D eigenvalue weighted by Crippen LogP contribution is 2.41. The molecule has 2 aliphatic rings. The minimum atomic E-state index is -0.966. The number of rotatable bonds is 4. The lowest BCUT2D eigenvalue weighted by Crippen LogP contribution is -2.56. The van der Waals surface area contributed by atoms with Crippen LogP contribution in [-0.4, -0.2) is 68.8 Å². The Morgan fingerprint density at radius 3 is 2.87 bits per heavy atom. The van der Waals surface area contributed by atoms with Gasteiger partial charge in [0.15, 0.2) is 5.01 Å². The Morgan fingerprint density at radius 2 is 2.10 bits per heavy atom. The van der Waals surface area contributed by atoms with Crippen molar-refractivity contribution in [2.75, 3.05) is 19.0 Å². The lowest BCUT2D eigenvalue weighted by molar-refractivity contribution is 0.0703. The molecular weight excluding hydrogens is 410 g/mol. The van der Waals surface area contributed by atoms with E-state index in [9.17, 15) is 9.50 Å². The van der Waals surface area contributed by atoms with Crippen LogP contribution in [0.1, 0.15) is 19.3 Å². The monoisotopic (exact) mass is 432 g/mol. The first-order chi connectivity index (χ1) is 14.4. The third kappa shape index (κ3) is 3.05. The number of hydrogen-bond donors (Lipinski definition) is 2. The van der Waals surface area contributed by atoms with E-state index >= 15 is 4.39 Å². The van der Waals surface area contributed by atoms with E-state index in [0.29, 0.717) is 21.7 Å². The number of hydrogen-bond acceptors (Lipinski definition) is 7. The third-order valence-electron chi connectivity index (χ3n) is 6.48. The predicted molar refractivity (Wildman–Crippen MR) is 111 cm³/mol. The van der Waals surface area contributed by atoms with E-state index < -0.39 is 12.0 Å². The maximum absolute atomic E-state index is 15.1. The molecule has 0 aliphatic carbocycles. The summed E-state index contributed by atoms with van der Waals surface area (Å²) >= 11 is 1.22. The molecule has 2 aromatic heterocycles. The first kappa shape index (κ1) is 19.4. The molecule has 30 heavy (non-hydrogen) atoms. The fourth-order valence-electron chi connectivity index (χ4n) is 4.71. The molecule has 1 aromatic carbocycles. The fraction of sp³-hybridized carbons (Fsp3) is 0.450. The molecule has 0 spiro atoms. The van der Waals surface area contributed by atoms with Gasteiger partial charge in [-0.15, -0.1) is 10.2 Å². The van der Waals surface area contributed by atoms with E-state index in [4.69, 9.17) is 0 Å². The number of piperidine rings is 1. The lowest BCUT2D eigenvalue weighted by atomic mass is 9.95. The van der Waals surface area contributed by atoms with Gasteiger partial charge in [0.2, 0.25) is 5.13 Å². The minimum Gasteiger partial charge on any atom is -0.507 e. The van der Waals surface area contributed by atoms with Crippen molar-refractivity contribution in [3.63, 3.8) is 0 Å². The molecule has 2 aliphatic heterocycles. The molecule has 4 atom stereocenters. The zero-order chi connectivity index (χ0) is 21.0. The number of phenolic OH excluding ortho intramolecular Hbond substituents is 1. The van der Waals surface area contributed by atoms with Gasteiger partial charge in [-0.3, -0.25) is 10.00 Å². The highest BCUT2D eigenvalue weighted by Gasteiger charge is 2.47. The minimum absolute atomic E-state index is 0.0582. The summed E-state index contributed by atoms with van der Waals surface area (Å²) in [5.74, 6) is -0.594. The summed E-state index contributed by atoms with van der Waals surface area (Å²) < 4.78 is 29.8. The molecular formula is C20H22F2N6OS. The molecule has 2 saturated heterocycles. The predicted octanol–water partition coefficient (Wildman–Crippen LogP) is 3.45. The number of benzene rings is 1. The van der Waals surface area contributed by atoms with Crippen LogP contribution in [0.2, 0.25) is 0 Å². The fourth-order valence-corrected chi connectivity index (χ4v) is 5.60. The molecule has 0 amide bonds. The van der Waals surface area contributed by atoms with E-state index in [1.165, 1.54) is 29.7 Å². The maximum Gasteiger partial charge on any atom is 0.208 e. The molecule has 158 valence electrons. The van der Waals surface area contributed by atoms with E-state index in [1.54, 1.807) is 6.20 Å². The lowest BCUT2D eigenvalue weighted by Gasteiger charge is -2.42. The number of nitrogens with one attached hydrogen (secondary N) is 1. The van der Waals surface area contributed by atoms with Crippen LogP contribution in [0, 0.1) is 5.82 Å². The molecule has 5 rings (SSSR count). The molecule has 2 unspecified atom stereocenters. The largest absolute Gasteiger partial charge is 0.507 e. The first-order valence-corrected chi connectivity index (χ1v) is 10.7. The molecule has 0 radical (unpaired) electrons. The van der Waals surface area contributed by atoms with Gasteiger partial charge in [0.25, 0.3) is 0 Å². The standard InChI is InChI=1S/C20H22F2N6OS/c1-27-11-3-4-15(27)18(22)16(5-11)28(2)20-26-25-19(30-20)13-6-14(21)12(7-17(13)29)10-8-23-24-9-10/h6-9,11,15-16,18,29H,3-5H2,1-2H3,(H,23,24)/t11?,15?,16-,18+/m1/s1. The van der Waals surface area contributed by atoms with Crippen molar-refractivity contribution >= 4 is 16.5 Å². The smallest absolute Gasteiger partial charge is 0.208 e. The summed E-state index contributed by atoms with van der Waals surface area (Å²) in [7, 11) is 3.83. The van der Waals surface area contributed by atoms with Crippen LogP contribution in [0.5, 0.6) is 5.75 Å². The van der Waals surface area contributed by atoms with Gasteiger partial charge in [-0.2, -0.15) is 5.10 Å². The van der Waals surface area contributed by atoms with Crippen LogP contribution >= 0.6 is 11.3 Å². The second-order valence-electron chi connectivity index (χ2n) is 8.05. The number of alkyl halides is 1. The second kappa shape index (κ2) is 7.28. The zero-order valence-corrected chi connectivity index (χ0v) is 17.4. The molecule has 7 nitrogen and oxygen atoms in total. The van der Waals surface area contributed by atoms with E-state index in [0.717, 1.165) is 19.3 Å². The van der Waals surface area contributed by atoms with E-state index in [2.05, 4.69) is 25.3 Å². The quantitative estimate of drug-likeness (QED) is 0.657. The highest BCUT2D eigenvalue weighted by molar-refractivity contribution is 7.18. The summed E-state index contributed by atoms with van der Waals surface area (Å²) in [6, 6.07) is 2.66. The van der Waals surface area contributed by atoms with Crippen molar-refractivity contribution in [3.8, 4) is 27.4 Å². The zero-order valence-electron chi connectivity index (χ0n) is 16.6. The first-order valence-electron chi connectivity index (χ1n) is 9.88. The van der Waals surface area contributed by atoms with Gasteiger partial charge < -0.3 is 10.0 Å². The summed E-state index contributed by atoms with van der Waals surface area (Å²) in [6.45, 7) is 0. The second-order valence-corrected chi connectivity index (χ2v) is 9.00. The molecule has 0 saturated carbocycles. The van der Waals surface area contributed by atoms with Gasteiger partial charge >= 0.3 is 0 Å². The Labute approximate surface area is 176 Å². The topological polar surface area (TPSA) is 81.2 Å². The molecule has 10 heteroatoms. The van der Waals surface area contributed by atoms with Gasteiger partial charge in [-0.1, -0.05) is 11.3 Å². The Balaban J connectivity index is 1.41. The Morgan fingerprint density at radius 1 is 1.27 bits per heavy atom. The number of nitrogens with zero attached hydrogens (tertiary/aromatic N) is 5. The average Bonchev–Trinajstić information content (AvgIpc) is 3.46. The Bertz CT molecular complexity index is 1060. The van der Waals surface area contributed by atoms with Crippen LogP contribution in [0.15, 0.2) is 24.5 Å². The van der Waals surface area contributed by atoms with Gasteiger partial charge in [0, 0.05) is 36.5 Å². The van der Waals surface area contributed by atoms with Crippen molar-refractivity contribution in [2.45, 2.75) is 43.6 Å². The number of aromatic nitrogens is 4. The number of aromatic amines is 1. The van der Waals surface area contributed by atoms with Gasteiger partial charge in [0.1, 0.15) is 17.7 Å². The van der Waals surface area contributed by atoms with Crippen LogP contribution < -0.4 is 4.90 Å². The molecule has 2 bridgehead atoms. The number of phenols is 1. The number of fused-ring (bicyclic) bond motifs is 2. The van der Waals surface area contributed by atoms with Crippen LogP contribution in [-0.2, 0) is 0 Å². The Kier molecular flexibility index (Phi) is 4.70. The van der Waals surface area contributed by atoms with Gasteiger partial charge in [-0.05, 0) is 38.4 Å². The molecule has 2 fully saturated rings. The highest BCUT2D eigenvalue weighted by atomic mass is 32.1. The van der Waals surface area contributed by atoms with E-state index in [1.807, 2.05) is 19.0 Å². The summed E-state index contributed by atoms with van der Waals surface area (Å²) in [5, 5.41) is 26.2. The number of aromatic hydroxyl groups is 1. The van der Waals surface area contributed by atoms with E-state index in [-0.39, 0.29) is 29.0 Å². The third-order valence-corrected chi connectivity index (χ3v) is 7.53.